The van der Waals surface area contributed by atoms with E-state index in [9.17, 15) is 5.11 Å². The Kier molecular flexibility index (Phi) is 3.41. The zero-order valence-corrected chi connectivity index (χ0v) is 9.57. The fraction of sp³-hybridized carbons (Fsp3) is 0.583. The number of methoxy groups -OCH3 is 1. The van der Waals surface area contributed by atoms with Gasteiger partial charge in [-0.05, 0) is 25.5 Å². The smallest absolute Gasteiger partial charge is 0.122 e. The van der Waals surface area contributed by atoms with E-state index in [0.29, 0.717) is 13.0 Å². The zero-order valence-electron chi connectivity index (χ0n) is 9.57. The Bertz CT molecular complexity index is 349. The molecular weight excluding hydrogens is 204 g/mol. The van der Waals surface area contributed by atoms with Crippen molar-refractivity contribution in [1.82, 2.24) is 10.3 Å². The molecule has 1 saturated heterocycles. The van der Waals surface area contributed by atoms with Gasteiger partial charge in [0.1, 0.15) is 5.75 Å². The first-order valence-electron chi connectivity index (χ1n) is 5.64. The van der Waals surface area contributed by atoms with Crippen LogP contribution in [0.2, 0.25) is 0 Å². The summed E-state index contributed by atoms with van der Waals surface area (Å²) in [5.41, 5.74) is 0.225. The highest BCUT2D eigenvalue weighted by molar-refractivity contribution is 5.23. The van der Waals surface area contributed by atoms with Crippen molar-refractivity contribution in [3.63, 3.8) is 0 Å². The molecule has 1 aromatic heterocycles. The van der Waals surface area contributed by atoms with Gasteiger partial charge in [-0.2, -0.15) is 0 Å². The number of aromatic nitrogens is 1. The molecule has 4 heteroatoms. The van der Waals surface area contributed by atoms with E-state index in [-0.39, 0.29) is 0 Å². The van der Waals surface area contributed by atoms with Gasteiger partial charge in [-0.25, -0.2) is 0 Å². The maximum absolute atomic E-state index is 10.3. The zero-order chi connectivity index (χ0) is 11.4. The van der Waals surface area contributed by atoms with Crippen LogP contribution in [0.4, 0.5) is 0 Å². The Morgan fingerprint density at radius 2 is 2.50 bits per heavy atom. The van der Waals surface area contributed by atoms with Gasteiger partial charge in [-0.1, -0.05) is 0 Å². The molecule has 1 aromatic rings. The Labute approximate surface area is 95.7 Å². The second-order valence-corrected chi connectivity index (χ2v) is 4.37. The first-order chi connectivity index (χ1) is 7.72. The fourth-order valence-corrected chi connectivity index (χ4v) is 2.12. The van der Waals surface area contributed by atoms with E-state index < -0.39 is 5.60 Å². The van der Waals surface area contributed by atoms with Gasteiger partial charge in [0.25, 0.3) is 0 Å². The van der Waals surface area contributed by atoms with E-state index in [1.54, 1.807) is 13.3 Å². The van der Waals surface area contributed by atoms with Crippen LogP contribution < -0.4 is 10.1 Å². The molecule has 0 aliphatic carbocycles. The molecule has 1 fully saturated rings. The molecule has 0 saturated carbocycles. The maximum Gasteiger partial charge on any atom is 0.122 e. The third kappa shape index (κ3) is 2.71. The number of pyridine rings is 1. The summed E-state index contributed by atoms with van der Waals surface area (Å²) in [6.45, 7) is 1.64. The van der Waals surface area contributed by atoms with Crippen LogP contribution in [0.25, 0.3) is 0 Å². The van der Waals surface area contributed by atoms with Gasteiger partial charge in [0.05, 0.1) is 12.7 Å². The number of nitrogens with one attached hydrogen (secondary N) is 1. The summed E-state index contributed by atoms with van der Waals surface area (Å²) in [6, 6.07) is 3.69. The Hall–Kier alpha value is -1.13. The van der Waals surface area contributed by atoms with E-state index in [2.05, 4.69) is 10.3 Å². The van der Waals surface area contributed by atoms with Gasteiger partial charge in [0.2, 0.25) is 0 Å². The number of ether oxygens (including phenoxy) is 1. The lowest BCUT2D eigenvalue weighted by atomic mass is 9.89. The summed E-state index contributed by atoms with van der Waals surface area (Å²) in [5.74, 6) is 0.789. The van der Waals surface area contributed by atoms with Gasteiger partial charge < -0.3 is 15.2 Å². The standard InChI is InChI=1S/C12H18N2O2/c1-16-11-3-6-14-10(7-11)8-12(15)4-2-5-13-9-12/h3,6-7,13,15H,2,4-5,8-9H2,1H3. The van der Waals surface area contributed by atoms with Crippen LogP contribution >= 0.6 is 0 Å². The van der Waals surface area contributed by atoms with Crippen molar-refractivity contribution in [3.8, 4) is 5.75 Å². The van der Waals surface area contributed by atoms with Crippen molar-refractivity contribution in [3.05, 3.63) is 24.0 Å². The summed E-state index contributed by atoms with van der Waals surface area (Å²) in [4.78, 5) is 4.26. The summed E-state index contributed by atoms with van der Waals surface area (Å²) in [7, 11) is 1.63. The molecule has 0 aromatic carbocycles. The summed E-state index contributed by atoms with van der Waals surface area (Å²) >= 11 is 0. The van der Waals surface area contributed by atoms with Crippen molar-refractivity contribution in [1.29, 1.82) is 0 Å². The van der Waals surface area contributed by atoms with E-state index in [4.69, 9.17) is 4.74 Å². The molecule has 1 aliphatic rings. The molecule has 0 bridgehead atoms. The fourth-order valence-electron chi connectivity index (χ4n) is 2.12. The second kappa shape index (κ2) is 4.80. The Balaban J connectivity index is 2.07. The van der Waals surface area contributed by atoms with Crippen LogP contribution in [0, 0.1) is 0 Å². The third-order valence-corrected chi connectivity index (χ3v) is 2.98. The molecular formula is C12H18N2O2. The van der Waals surface area contributed by atoms with E-state index in [1.165, 1.54) is 0 Å². The lowest BCUT2D eigenvalue weighted by Crippen LogP contribution is -2.47. The minimum absolute atomic E-state index is 0.581. The quantitative estimate of drug-likeness (QED) is 0.792. The number of hydrogen-bond donors (Lipinski definition) is 2. The predicted octanol–water partition coefficient (Wildman–Crippen LogP) is 0.747. The van der Waals surface area contributed by atoms with Crippen molar-refractivity contribution < 1.29 is 9.84 Å². The molecule has 1 unspecified atom stereocenters. The van der Waals surface area contributed by atoms with Gasteiger partial charge >= 0.3 is 0 Å². The van der Waals surface area contributed by atoms with Gasteiger partial charge in [0.15, 0.2) is 0 Å². The molecule has 88 valence electrons. The lowest BCUT2D eigenvalue weighted by molar-refractivity contribution is 0.0161. The second-order valence-electron chi connectivity index (χ2n) is 4.37. The average Bonchev–Trinajstić information content (AvgIpc) is 2.29. The Morgan fingerprint density at radius 1 is 1.62 bits per heavy atom. The minimum Gasteiger partial charge on any atom is -0.497 e. The maximum atomic E-state index is 10.3. The Morgan fingerprint density at radius 3 is 3.19 bits per heavy atom. The van der Waals surface area contributed by atoms with Crippen molar-refractivity contribution in [2.75, 3.05) is 20.2 Å². The van der Waals surface area contributed by atoms with Crippen LogP contribution in [0.15, 0.2) is 18.3 Å². The molecule has 1 aliphatic heterocycles. The number of rotatable bonds is 3. The molecule has 0 radical (unpaired) electrons. The van der Waals surface area contributed by atoms with Crippen LogP contribution in [0.5, 0.6) is 5.75 Å². The molecule has 2 heterocycles. The number of nitrogens with zero attached hydrogens (tertiary/aromatic N) is 1. The van der Waals surface area contributed by atoms with E-state index >= 15 is 0 Å². The molecule has 0 amide bonds. The largest absolute Gasteiger partial charge is 0.497 e. The number of aliphatic hydroxyl groups is 1. The topological polar surface area (TPSA) is 54.4 Å². The predicted molar refractivity (Wildman–Crippen MR) is 61.5 cm³/mol. The molecule has 2 N–H and O–H groups in total. The molecule has 4 nitrogen and oxygen atoms in total. The first-order valence-corrected chi connectivity index (χ1v) is 5.64. The number of piperidine rings is 1. The van der Waals surface area contributed by atoms with Crippen LogP contribution in [-0.4, -0.2) is 35.9 Å². The highest BCUT2D eigenvalue weighted by Gasteiger charge is 2.29. The van der Waals surface area contributed by atoms with Gasteiger partial charge in [-0.3, -0.25) is 4.98 Å². The van der Waals surface area contributed by atoms with E-state index in [0.717, 1.165) is 30.8 Å². The van der Waals surface area contributed by atoms with Crippen molar-refractivity contribution in [2.24, 2.45) is 0 Å². The molecule has 16 heavy (non-hydrogen) atoms. The minimum atomic E-state index is -0.655. The highest BCUT2D eigenvalue weighted by Crippen LogP contribution is 2.22. The molecule has 1 atom stereocenters. The third-order valence-electron chi connectivity index (χ3n) is 2.98. The van der Waals surface area contributed by atoms with Gasteiger partial charge in [-0.15, -0.1) is 0 Å². The van der Waals surface area contributed by atoms with E-state index in [1.807, 2.05) is 12.1 Å². The molecule has 2 rings (SSSR count). The monoisotopic (exact) mass is 222 g/mol. The number of β-amino-alcohol motifs (C(OH)–C–C–N with tert-alkyl or cyclic N) is 1. The SMILES string of the molecule is COc1ccnc(CC2(O)CCCNC2)c1. The highest BCUT2D eigenvalue weighted by atomic mass is 16.5. The van der Waals surface area contributed by atoms with Crippen LogP contribution in [0.1, 0.15) is 18.5 Å². The lowest BCUT2D eigenvalue weighted by Gasteiger charge is -2.32. The van der Waals surface area contributed by atoms with Gasteiger partial charge in [0, 0.05) is 30.9 Å². The summed E-state index contributed by atoms with van der Waals surface area (Å²) in [6.07, 6.45) is 4.14. The average molecular weight is 222 g/mol. The summed E-state index contributed by atoms with van der Waals surface area (Å²) < 4.78 is 5.14. The normalized spacial score (nSPS) is 25.4. The first kappa shape index (κ1) is 11.4. The van der Waals surface area contributed by atoms with Crippen LogP contribution in [-0.2, 0) is 6.42 Å². The van der Waals surface area contributed by atoms with Crippen molar-refractivity contribution >= 4 is 0 Å². The number of hydrogen-bond acceptors (Lipinski definition) is 4. The molecule has 0 spiro atoms. The summed E-state index contributed by atoms with van der Waals surface area (Å²) in [5, 5.41) is 13.6. The van der Waals surface area contributed by atoms with Crippen molar-refractivity contribution in [2.45, 2.75) is 24.9 Å². The van der Waals surface area contributed by atoms with Crippen LogP contribution in [0.3, 0.4) is 0 Å².